The Bertz CT molecular complexity index is 830. The Morgan fingerprint density at radius 3 is 2.65 bits per heavy atom. The minimum atomic E-state index is -0.830. The van der Waals surface area contributed by atoms with Crippen molar-refractivity contribution < 1.29 is 29.3 Å². The van der Waals surface area contributed by atoms with Crippen molar-refractivity contribution in [2.75, 3.05) is 23.9 Å². The molecule has 2 rings (SSSR count). The van der Waals surface area contributed by atoms with E-state index in [9.17, 15) is 19.8 Å². The number of hydrogen-bond donors (Lipinski definition) is 3. The number of para-hydroxylation sites is 1. The quantitative estimate of drug-likeness (QED) is 0.269. The molecule has 0 saturated heterocycles. The molecule has 31 heavy (non-hydrogen) atoms. The number of aliphatic hydroxyl groups is 2. The number of hydrogen-bond acceptors (Lipinski definition) is 7. The molecule has 170 valence electrons. The number of carbonyl (C=O) groups excluding carboxylic acids is 1. The van der Waals surface area contributed by atoms with E-state index in [0.29, 0.717) is 24.3 Å². The average molecular weight is 467 g/mol. The van der Waals surface area contributed by atoms with Gasteiger partial charge in [0.2, 0.25) is 0 Å². The molecule has 0 aliphatic carbocycles. The number of rotatable bonds is 15. The highest BCUT2D eigenvalue weighted by Crippen LogP contribution is 2.24. The van der Waals surface area contributed by atoms with E-state index >= 15 is 0 Å². The number of aryl methyl sites for hydroxylation is 1. The summed E-state index contributed by atoms with van der Waals surface area (Å²) in [4.78, 5) is 22.6. The van der Waals surface area contributed by atoms with Crippen LogP contribution < -0.4 is 0 Å². The molecule has 6 nitrogen and oxygen atoms in total. The lowest BCUT2D eigenvalue weighted by Gasteiger charge is -2.20. The van der Waals surface area contributed by atoms with Crippen molar-refractivity contribution in [2.24, 2.45) is 5.92 Å². The van der Waals surface area contributed by atoms with Crippen molar-refractivity contribution in [2.45, 2.75) is 37.5 Å². The molecule has 1 aromatic heterocycles. The van der Waals surface area contributed by atoms with Crippen LogP contribution in [0.5, 0.6) is 0 Å². The van der Waals surface area contributed by atoms with E-state index in [1.54, 1.807) is 12.2 Å². The monoisotopic (exact) mass is 466 g/mol. The first-order chi connectivity index (χ1) is 14.9. The Hall–Kier alpha value is -1.74. The Morgan fingerprint density at radius 2 is 1.97 bits per heavy atom. The van der Waals surface area contributed by atoms with Gasteiger partial charge in [-0.25, -0.2) is 0 Å². The van der Waals surface area contributed by atoms with Crippen LogP contribution in [0.25, 0.3) is 11.0 Å². The number of thioether (sulfide) groups is 2. The second kappa shape index (κ2) is 13.6. The van der Waals surface area contributed by atoms with Gasteiger partial charge in [-0.1, -0.05) is 30.4 Å². The van der Waals surface area contributed by atoms with E-state index in [2.05, 4.69) is 0 Å². The van der Waals surface area contributed by atoms with Gasteiger partial charge in [0.05, 0.1) is 23.7 Å². The molecule has 3 atom stereocenters. The summed E-state index contributed by atoms with van der Waals surface area (Å²) in [5.74, 6) is 1.07. The average Bonchev–Trinajstić information content (AvgIpc) is 3.16. The van der Waals surface area contributed by atoms with Gasteiger partial charge in [0.1, 0.15) is 17.1 Å². The molecule has 0 aliphatic heterocycles. The molecular weight excluding hydrogens is 436 g/mol. The second-order valence-electron chi connectivity index (χ2n) is 7.29. The minimum Gasteiger partial charge on any atom is -0.481 e. The molecule has 3 unspecified atom stereocenters. The fourth-order valence-electron chi connectivity index (χ4n) is 3.15. The molecule has 8 heteroatoms. The molecule has 0 saturated carbocycles. The number of benzene rings is 1. The van der Waals surface area contributed by atoms with E-state index in [0.717, 1.165) is 23.2 Å². The Kier molecular flexibility index (Phi) is 11.2. The second-order valence-corrected chi connectivity index (χ2v) is 9.64. The number of aliphatic carboxylic acids is 1. The summed E-state index contributed by atoms with van der Waals surface area (Å²) in [5, 5.41) is 29.4. The van der Waals surface area contributed by atoms with Crippen molar-refractivity contribution in [1.82, 2.24) is 0 Å². The van der Waals surface area contributed by atoms with Gasteiger partial charge in [0.25, 0.3) is 0 Å². The fourth-order valence-corrected chi connectivity index (χ4v) is 5.22. The van der Waals surface area contributed by atoms with Crippen molar-refractivity contribution in [3.05, 3.63) is 48.2 Å². The summed E-state index contributed by atoms with van der Waals surface area (Å²) >= 11 is 2.82. The van der Waals surface area contributed by atoms with Crippen LogP contribution in [0.2, 0.25) is 0 Å². The summed E-state index contributed by atoms with van der Waals surface area (Å²) in [7, 11) is 0. The van der Waals surface area contributed by atoms with Crippen LogP contribution in [0.4, 0.5) is 0 Å². The zero-order valence-electron chi connectivity index (χ0n) is 17.6. The highest BCUT2D eigenvalue weighted by molar-refractivity contribution is 8.01. The molecule has 0 aliphatic rings. The number of ketones is 1. The molecule has 0 amide bonds. The molecule has 0 radical (unpaired) electrons. The zero-order chi connectivity index (χ0) is 22.6. The van der Waals surface area contributed by atoms with Crippen LogP contribution in [0.3, 0.4) is 0 Å². The molecule has 3 N–H and O–H groups in total. The highest BCUT2D eigenvalue weighted by atomic mass is 32.2. The third kappa shape index (κ3) is 9.11. The fraction of sp³-hybridized carbons (Fsp3) is 0.478. The number of fused-ring (bicyclic) bond motifs is 1. The number of Topliss-reactive ketones (excluding diaryl/α,β-unsaturated/α-hetero) is 1. The zero-order valence-corrected chi connectivity index (χ0v) is 19.2. The largest absolute Gasteiger partial charge is 0.481 e. The lowest BCUT2D eigenvalue weighted by molar-refractivity contribution is -0.133. The minimum absolute atomic E-state index is 0.0244. The van der Waals surface area contributed by atoms with Crippen LogP contribution in [-0.4, -0.2) is 62.3 Å². The van der Waals surface area contributed by atoms with Gasteiger partial charge >= 0.3 is 5.97 Å². The predicted octanol–water partition coefficient (Wildman–Crippen LogP) is 3.79. The summed E-state index contributed by atoms with van der Waals surface area (Å²) in [6.07, 6.45) is 4.52. The van der Waals surface area contributed by atoms with Gasteiger partial charge in [-0.15, -0.1) is 11.8 Å². The van der Waals surface area contributed by atoms with Crippen LogP contribution in [0.1, 0.15) is 25.5 Å². The topological polar surface area (TPSA) is 108 Å². The van der Waals surface area contributed by atoms with Crippen molar-refractivity contribution >= 4 is 46.2 Å². The normalized spacial score (nSPS) is 14.7. The standard InChI is InChI=1S/C23H30O6S2/c1-16(25)23(31-12-4-11-30-15-22(27)28)18(14-24)7-8-19(26)9-10-20-13-17-5-2-3-6-21(17)29-20/h2-3,5-8,13,18-19,23-24,26H,4,9-12,14-15H2,1H3,(H,27,28). The van der Waals surface area contributed by atoms with E-state index in [1.807, 2.05) is 30.3 Å². The number of carboxylic acid groups (broad SMARTS) is 1. The van der Waals surface area contributed by atoms with E-state index in [4.69, 9.17) is 9.52 Å². The lowest BCUT2D eigenvalue weighted by atomic mass is 10.0. The summed E-state index contributed by atoms with van der Waals surface area (Å²) in [6, 6.07) is 9.73. The van der Waals surface area contributed by atoms with Gasteiger partial charge < -0.3 is 19.7 Å². The molecule has 0 bridgehead atoms. The SMILES string of the molecule is CC(=O)C(SCCCSCC(=O)O)C(C=CC(O)CCc1cc2ccccc2o1)CO. The van der Waals surface area contributed by atoms with E-state index in [1.165, 1.54) is 30.4 Å². The maximum absolute atomic E-state index is 12.1. The number of aliphatic hydroxyl groups excluding tert-OH is 2. The Balaban J connectivity index is 1.81. The summed E-state index contributed by atoms with van der Waals surface area (Å²) in [6.45, 7) is 1.32. The smallest absolute Gasteiger partial charge is 0.313 e. The van der Waals surface area contributed by atoms with Crippen LogP contribution in [0.15, 0.2) is 46.9 Å². The van der Waals surface area contributed by atoms with Gasteiger partial charge in [0.15, 0.2) is 0 Å². The number of carboxylic acids is 1. The first-order valence-electron chi connectivity index (χ1n) is 10.3. The van der Waals surface area contributed by atoms with Crippen LogP contribution in [0, 0.1) is 5.92 Å². The van der Waals surface area contributed by atoms with Crippen LogP contribution >= 0.6 is 23.5 Å². The Morgan fingerprint density at radius 1 is 1.19 bits per heavy atom. The highest BCUT2D eigenvalue weighted by Gasteiger charge is 2.23. The first-order valence-corrected chi connectivity index (χ1v) is 12.5. The summed E-state index contributed by atoms with van der Waals surface area (Å²) in [5.41, 5.74) is 0.825. The van der Waals surface area contributed by atoms with Crippen molar-refractivity contribution in [3.63, 3.8) is 0 Å². The van der Waals surface area contributed by atoms with E-state index < -0.39 is 17.3 Å². The van der Waals surface area contributed by atoms with E-state index in [-0.39, 0.29) is 24.1 Å². The van der Waals surface area contributed by atoms with Gasteiger partial charge in [-0.3, -0.25) is 9.59 Å². The molecule has 0 fully saturated rings. The lowest BCUT2D eigenvalue weighted by Crippen LogP contribution is -2.27. The van der Waals surface area contributed by atoms with Gasteiger partial charge in [-0.05, 0) is 43.4 Å². The molecule has 0 spiro atoms. The maximum Gasteiger partial charge on any atom is 0.313 e. The van der Waals surface area contributed by atoms with Gasteiger partial charge in [0, 0.05) is 17.7 Å². The van der Waals surface area contributed by atoms with Crippen molar-refractivity contribution in [1.29, 1.82) is 0 Å². The summed E-state index contributed by atoms with van der Waals surface area (Å²) < 4.78 is 5.76. The first kappa shape index (κ1) is 25.5. The molecule has 1 aromatic carbocycles. The molecular formula is C23H30O6S2. The van der Waals surface area contributed by atoms with Crippen molar-refractivity contribution in [3.8, 4) is 0 Å². The number of furan rings is 1. The third-order valence-corrected chi connectivity index (χ3v) is 7.29. The Labute approximate surface area is 191 Å². The van der Waals surface area contributed by atoms with Crippen LogP contribution in [-0.2, 0) is 16.0 Å². The third-order valence-electron chi connectivity index (χ3n) is 4.70. The number of carbonyl (C=O) groups is 2. The van der Waals surface area contributed by atoms with Gasteiger partial charge in [-0.2, -0.15) is 11.8 Å². The predicted molar refractivity (Wildman–Crippen MR) is 127 cm³/mol. The molecule has 2 aromatic rings. The molecule has 1 heterocycles. The maximum atomic E-state index is 12.1.